The monoisotopic (exact) mass is 165 g/mol. The molecule has 5 heteroatoms. The molecule has 0 fully saturated rings. The maximum atomic E-state index is 10.0. The first-order chi connectivity index (χ1) is 4.59. The van der Waals surface area contributed by atoms with Gasteiger partial charge in [-0.2, -0.15) is 0 Å². The molecular weight excluding hydrogens is 154 g/mol. The molecule has 1 N–H and O–H groups in total. The molecule has 0 rings (SSSR count). The summed E-state index contributed by atoms with van der Waals surface area (Å²) in [5.74, 6) is 0.694. The van der Waals surface area contributed by atoms with Crippen LogP contribution in [0.2, 0.25) is 0 Å². The highest BCUT2D eigenvalue weighted by Gasteiger charge is 2.23. The Labute approximate surface area is 63.8 Å². The van der Waals surface area contributed by atoms with Crippen LogP contribution in [-0.4, -0.2) is 27.3 Å². The second-order valence-electron chi connectivity index (χ2n) is 1.87. The van der Waals surface area contributed by atoms with Crippen molar-refractivity contribution in [3.63, 3.8) is 0 Å². The summed E-state index contributed by atoms with van der Waals surface area (Å²) in [6.07, 6.45) is 0. The quantitative estimate of drug-likeness (QED) is 0.379. The summed E-state index contributed by atoms with van der Waals surface area (Å²) in [7, 11) is 0. The Bertz CT molecular complexity index is 119. The van der Waals surface area contributed by atoms with Crippen molar-refractivity contribution >= 4 is 11.8 Å². The molecule has 0 saturated heterocycles. The van der Waals surface area contributed by atoms with Gasteiger partial charge in [0.05, 0.1) is 0 Å². The Morgan fingerprint density at radius 2 is 2.30 bits per heavy atom. The van der Waals surface area contributed by atoms with E-state index in [1.54, 1.807) is 0 Å². The van der Waals surface area contributed by atoms with E-state index < -0.39 is 16.4 Å². The van der Waals surface area contributed by atoms with Crippen molar-refractivity contribution in [3.8, 4) is 0 Å². The van der Waals surface area contributed by atoms with Crippen LogP contribution in [0.5, 0.6) is 0 Å². The number of nitro groups is 1. The fraction of sp³-hybridized carbons (Fsp3) is 1.00. The zero-order chi connectivity index (χ0) is 8.15. The molecule has 10 heavy (non-hydrogen) atoms. The van der Waals surface area contributed by atoms with Gasteiger partial charge in [-0.25, -0.2) is 0 Å². The number of rotatable bonds is 4. The van der Waals surface area contributed by atoms with E-state index in [2.05, 4.69) is 0 Å². The molecule has 0 bridgehead atoms. The fourth-order valence-electron chi connectivity index (χ4n) is 0.414. The summed E-state index contributed by atoms with van der Waals surface area (Å²) in [4.78, 5) is 9.57. The van der Waals surface area contributed by atoms with Gasteiger partial charge in [0.2, 0.25) is 6.04 Å². The van der Waals surface area contributed by atoms with Crippen LogP contribution in [0.25, 0.3) is 0 Å². The third-order valence-corrected chi connectivity index (χ3v) is 2.15. The molecule has 4 nitrogen and oxygen atoms in total. The summed E-state index contributed by atoms with van der Waals surface area (Å²) >= 11 is 1.18. The van der Waals surface area contributed by atoms with Gasteiger partial charge in [-0.3, -0.25) is 10.1 Å². The Hall–Kier alpha value is -0.290. The zero-order valence-corrected chi connectivity index (χ0v) is 6.80. The average molecular weight is 165 g/mol. The first-order valence-electron chi connectivity index (χ1n) is 3.02. The van der Waals surface area contributed by atoms with Gasteiger partial charge in [-0.05, 0) is 5.75 Å². The molecule has 0 saturated carbocycles. The third kappa shape index (κ3) is 3.03. The summed E-state index contributed by atoms with van der Waals surface area (Å²) < 4.78 is 0. The number of nitrogens with zero attached hydrogens (tertiary/aromatic N) is 1. The molecule has 0 amide bonds. The second kappa shape index (κ2) is 4.51. The molecule has 0 radical (unpaired) electrons. The lowest BCUT2D eigenvalue weighted by Gasteiger charge is -2.09. The number of thioether (sulfide) groups is 1. The minimum absolute atomic E-state index is 0.479. The van der Waals surface area contributed by atoms with Gasteiger partial charge >= 0.3 is 0 Å². The molecular formula is C5H11NO3S. The van der Waals surface area contributed by atoms with E-state index >= 15 is 0 Å². The highest BCUT2D eigenvalue weighted by atomic mass is 32.2. The predicted molar refractivity (Wildman–Crippen MR) is 40.6 cm³/mol. The van der Waals surface area contributed by atoms with E-state index in [-0.39, 0.29) is 0 Å². The maximum Gasteiger partial charge on any atom is 0.245 e. The van der Waals surface area contributed by atoms with Crippen LogP contribution in [0.3, 0.4) is 0 Å². The average Bonchev–Trinajstić information content (AvgIpc) is 1.87. The van der Waals surface area contributed by atoms with E-state index in [4.69, 9.17) is 5.11 Å². The SMILES string of the molecule is CCS[C@@H](O)[C@H](C)[N+](=O)[O-]. The Balaban J connectivity index is 3.69. The number of aliphatic hydroxyl groups is 1. The van der Waals surface area contributed by atoms with Crippen molar-refractivity contribution in [3.05, 3.63) is 10.1 Å². The standard InChI is InChI=1S/C5H11NO3S/c1-3-10-5(7)4(2)6(8)9/h4-5,7H,3H2,1-2H3/t4-,5+/m0/s1. The van der Waals surface area contributed by atoms with Crippen LogP contribution >= 0.6 is 11.8 Å². The van der Waals surface area contributed by atoms with Gasteiger partial charge in [0.25, 0.3) is 0 Å². The number of hydrogen-bond acceptors (Lipinski definition) is 4. The zero-order valence-electron chi connectivity index (χ0n) is 5.98. The van der Waals surface area contributed by atoms with Gasteiger partial charge in [0, 0.05) is 11.8 Å². The van der Waals surface area contributed by atoms with Crippen LogP contribution in [0.1, 0.15) is 13.8 Å². The van der Waals surface area contributed by atoms with E-state index in [0.29, 0.717) is 5.75 Å². The summed E-state index contributed by atoms with van der Waals surface area (Å²) in [5.41, 5.74) is -0.875. The Morgan fingerprint density at radius 1 is 1.80 bits per heavy atom. The highest BCUT2D eigenvalue weighted by Crippen LogP contribution is 2.12. The van der Waals surface area contributed by atoms with Crippen LogP contribution < -0.4 is 0 Å². The molecule has 60 valence electrons. The highest BCUT2D eigenvalue weighted by molar-refractivity contribution is 7.99. The minimum Gasteiger partial charge on any atom is -0.375 e. The predicted octanol–water partition coefficient (Wildman–Crippen LogP) is 0.723. The van der Waals surface area contributed by atoms with Crippen molar-refractivity contribution < 1.29 is 10.0 Å². The topological polar surface area (TPSA) is 63.4 Å². The van der Waals surface area contributed by atoms with E-state index in [1.165, 1.54) is 18.7 Å². The first kappa shape index (κ1) is 9.71. The molecule has 0 aliphatic carbocycles. The molecule has 0 aromatic rings. The summed E-state index contributed by atoms with van der Waals surface area (Å²) in [6, 6.07) is -0.870. The molecule has 0 aliphatic rings. The first-order valence-corrected chi connectivity index (χ1v) is 4.07. The summed E-state index contributed by atoms with van der Waals surface area (Å²) in [5, 5.41) is 19.1. The molecule has 2 atom stereocenters. The molecule has 0 heterocycles. The van der Waals surface area contributed by atoms with Gasteiger partial charge in [0.1, 0.15) is 0 Å². The number of hydrogen-bond donors (Lipinski definition) is 1. The second-order valence-corrected chi connectivity index (χ2v) is 3.27. The molecule has 0 spiro atoms. The smallest absolute Gasteiger partial charge is 0.245 e. The number of aliphatic hydroxyl groups excluding tert-OH is 1. The largest absolute Gasteiger partial charge is 0.375 e. The molecule has 0 unspecified atom stereocenters. The van der Waals surface area contributed by atoms with E-state index in [1.807, 2.05) is 6.92 Å². The van der Waals surface area contributed by atoms with Gasteiger partial charge in [0.15, 0.2) is 5.44 Å². The Morgan fingerprint density at radius 3 is 2.60 bits per heavy atom. The maximum absolute atomic E-state index is 10.0. The third-order valence-electron chi connectivity index (χ3n) is 1.08. The van der Waals surface area contributed by atoms with Gasteiger partial charge in [-0.15, -0.1) is 11.8 Å². The van der Waals surface area contributed by atoms with Crippen molar-refractivity contribution in [1.29, 1.82) is 0 Å². The summed E-state index contributed by atoms with van der Waals surface area (Å²) in [6.45, 7) is 3.24. The lowest BCUT2D eigenvalue weighted by Crippen LogP contribution is -2.27. The van der Waals surface area contributed by atoms with Crippen LogP contribution in [0, 0.1) is 10.1 Å². The van der Waals surface area contributed by atoms with Gasteiger partial charge in [-0.1, -0.05) is 6.92 Å². The van der Waals surface area contributed by atoms with Crippen molar-refractivity contribution in [2.75, 3.05) is 5.75 Å². The van der Waals surface area contributed by atoms with Crippen LogP contribution in [-0.2, 0) is 0 Å². The van der Waals surface area contributed by atoms with Crippen LogP contribution in [0.15, 0.2) is 0 Å². The van der Waals surface area contributed by atoms with Gasteiger partial charge < -0.3 is 5.11 Å². The Kier molecular flexibility index (Phi) is 4.38. The molecule has 0 aromatic carbocycles. The molecule has 0 aliphatic heterocycles. The van der Waals surface area contributed by atoms with Crippen molar-refractivity contribution in [2.45, 2.75) is 25.3 Å². The van der Waals surface area contributed by atoms with Crippen molar-refractivity contribution in [1.82, 2.24) is 0 Å². The molecule has 0 aromatic heterocycles. The van der Waals surface area contributed by atoms with E-state index in [0.717, 1.165) is 0 Å². The lowest BCUT2D eigenvalue weighted by molar-refractivity contribution is -0.524. The van der Waals surface area contributed by atoms with Crippen LogP contribution in [0.4, 0.5) is 0 Å². The lowest BCUT2D eigenvalue weighted by atomic mass is 10.4. The van der Waals surface area contributed by atoms with E-state index in [9.17, 15) is 10.1 Å². The van der Waals surface area contributed by atoms with Crippen molar-refractivity contribution in [2.24, 2.45) is 0 Å². The normalized spacial score (nSPS) is 16.3. The minimum atomic E-state index is -0.875. The fourth-order valence-corrected chi connectivity index (χ4v) is 1.13.